The van der Waals surface area contributed by atoms with Gasteiger partial charge >= 0.3 is 0 Å². The van der Waals surface area contributed by atoms with Crippen LogP contribution in [0, 0.1) is 0 Å². The van der Waals surface area contributed by atoms with E-state index >= 15 is 0 Å². The van der Waals surface area contributed by atoms with Crippen LogP contribution in [0.1, 0.15) is 36.1 Å². The minimum absolute atomic E-state index is 0.636. The van der Waals surface area contributed by atoms with Crippen molar-refractivity contribution in [1.29, 1.82) is 0 Å². The van der Waals surface area contributed by atoms with Gasteiger partial charge in [0.15, 0.2) is 0 Å². The monoisotopic (exact) mass is 338 g/mol. The number of aliphatic hydroxyl groups excluding tert-OH is 1. The summed E-state index contributed by atoms with van der Waals surface area (Å²) in [7, 11) is 0. The number of rotatable bonds is 4. The molecule has 2 rings (SSSR count). The SMILES string of the molecule is CCCc1cccc(C(O)c2ccc(Cl)cc2Br)c1. The molecule has 3 heteroatoms. The van der Waals surface area contributed by atoms with Crippen molar-refractivity contribution in [3.63, 3.8) is 0 Å². The van der Waals surface area contributed by atoms with Crippen molar-refractivity contribution in [3.8, 4) is 0 Å². The van der Waals surface area contributed by atoms with Crippen molar-refractivity contribution in [2.45, 2.75) is 25.9 Å². The first-order valence-corrected chi connectivity index (χ1v) is 7.50. The zero-order valence-corrected chi connectivity index (χ0v) is 13.1. The van der Waals surface area contributed by atoms with Crippen molar-refractivity contribution in [2.24, 2.45) is 0 Å². The Morgan fingerprint density at radius 1 is 1.21 bits per heavy atom. The third-order valence-corrected chi connectivity index (χ3v) is 3.98. The molecule has 0 heterocycles. The van der Waals surface area contributed by atoms with Crippen molar-refractivity contribution in [1.82, 2.24) is 0 Å². The van der Waals surface area contributed by atoms with E-state index in [4.69, 9.17) is 11.6 Å². The van der Waals surface area contributed by atoms with E-state index in [-0.39, 0.29) is 0 Å². The predicted octanol–water partition coefficient (Wildman–Crippen LogP) is 5.14. The van der Waals surface area contributed by atoms with E-state index in [0.29, 0.717) is 5.02 Å². The predicted molar refractivity (Wildman–Crippen MR) is 83.7 cm³/mol. The molecule has 0 aromatic heterocycles. The highest BCUT2D eigenvalue weighted by Gasteiger charge is 2.14. The molecule has 0 aliphatic heterocycles. The highest BCUT2D eigenvalue weighted by atomic mass is 79.9. The second-order valence-corrected chi connectivity index (χ2v) is 5.85. The summed E-state index contributed by atoms with van der Waals surface area (Å²) in [5.41, 5.74) is 3.00. The quantitative estimate of drug-likeness (QED) is 0.818. The largest absolute Gasteiger partial charge is 0.384 e. The highest BCUT2D eigenvalue weighted by molar-refractivity contribution is 9.10. The summed E-state index contributed by atoms with van der Waals surface area (Å²) in [6.45, 7) is 2.15. The second kappa shape index (κ2) is 6.56. The summed E-state index contributed by atoms with van der Waals surface area (Å²) >= 11 is 9.37. The van der Waals surface area contributed by atoms with Crippen LogP contribution in [0.5, 0.6) is 0 Å². The molecule has 2 aromatic carbocycles. The van der Waals surface area contributed by atoms with Gasteiger partial charge in [-0.3, -0.25) is 0 Å². The Morgan fingerprint density at radius 3 is 2.68 bits per heavy atom. The fourth-order valence-corrected chi connectivity index (χ4v) is 3.01. The molecular weight excluding hydrogens is 324 g/mol. The van der Waals surface area contributed by atoms with Gasteiger partial charge in [-0.15, -0.1) is 0 Å². The van der Waals surface area contributed by atoms with Gasteiger partial charge in [-0.25, -0.2) is 0 Å². The molecule has 0 amide bonds. The van der Waals surface area contributed by atoms with Crippen LogP contribution in [-0.4, -0.2) is 5.11 Å². The number of aliphatic hydroxyl groups is 1. The molecule has 0 radical (unpaired) electrons. The maximum atomic E-state index is 10.5. The number of hydrogen-bond acceptors (Lipinski definition) is 1. The first-order chi connectivity index (χ1) is 9.11. The lowest BCUT2D eigenvalue weighted by Gasteiger charge is -2.14. The summed E-state index contributed by atoms with van der Waals surface area (Å²) in [5, 5.41) is 11.1. The minimum Gasteiger partial charge on any atom is -0.384 e. The Balaban J connectivity index is 2.32. The maximum Gasteiger partial charge on any atom is 0.105 e. The Labute approximate surface area is 127 Å². The molecule has 1 atom stereocenters. The van der Waals surface area contributed by atoms with Crippen molar-refractivity contribution in [2.75, 3.05) is 0 Å². The molecule has 0 aliphatic rings. The van der Waals surface area contributed by atoms with Gasteiger partial charge in [0.25, 0.3) is 0 Å². The molecule has 0 bridgehead atoms. The Bertz CT molecular complexity index is 568. The zero-order valence-electron chi connectivity index (χ0n) is 10.7. The first-order valence-electron chi connectivity index (χ1n) is 6.33. The first kappa shape index (κ1) is 14.6. The van der Waals surface area contributed by atoms with E-state index in [2.05, 4.69) is 35.0 Å². The van der Waals surface area contributed by atoms with Crippen LogP contribution in [0.3, 0.4) is 0 Å². The van der Waals surface area contributed by atoms with Crippen LogP contribution in [0.2, 0.25) is 5.02 Å². The summed E-state index contributed by atoms with van der Waals surface area (Å²) in [6.07, 6.45) is 1.50. The van der Waals surface area contributed by atoms with E-state index in [9.17, 15) is 5.11 Å². The van der Waals surface area contributed by atoms with Crippen LogP contribution in [0.25, 0.3) is 0 Å². The lowest BCUT2D eigenvalue weighted by atomic mass is 9.98. The summed E-state index contributed by atoms with van der Waals surface area (Å²) < 4.78 is 0.827. The molecule has 0 saturated heterocycles. The van der Waals surface area contributed by atoms with Gasteiger partial charge < -0.3 is 5.11 Å². The van der Waals surface area contributed by atoms with E-state index < -0.39 is 6.10 Å². The lowest BCUT2D eigenvalue weighted by Crippen LogP contribution is -2.01. The van der Waals surface area contributed by atoms with E-state index in [1.807, 2.05) is 18.2 Å². The molecule has 1 unspecified atom stereocenters. The van der Waals surface area contributed by atoms with Crippen LogP contribution in [0.15, 0.2) is 46.9 Å². The van der Waals surface area contributed by atoms with Crippen LogP contribution in [0.4, 0.5) is 0 Å². The third-order valence-electron chi connectivity index (χ3n) is 3.06. The van der Waals surface area contributed by atoms with Crippen LogP contribution >= 0.6 is 27.5 Å². The lowest BCUT2D eigenvalue weighted by molar-refractivity contribution is 0.219. The molecule has 0 aliphatic carbocycles. The Hall–Kier alpha value is -0.830. The fraction of sp³-hybridized carbons (Fsp3) is 0.250. The standard InChI is InChI=1S/C16H16BrClO/c1-2-4-11-5-3-6-12(9-11)16(19)14-8-7-13(18)10-15(14)17/h3,5-10,16,19H,2,4H2,1H3. The van der Waals surface area contributed by atoms with Gasteiger partial charge in [0.1, 0.15) is 6.10 Å². The highest BCUT2D eigenvalue weighted by Crippen LogP contribution is 2.31. The topological polar surface area (TPSA) is 20.2 Å². The number of hydrogen-bond donors (Lipinski definition) is 1. The molecule has 1 N–H and O–H groups in total. The average molecular weight is 340 g/mol. The number of halogens is 2. The molecule has 2 aromatic rings. The number of aryl methyl sites for hydroxylation is 1. The molecular formula is C16H16BrClO. The van der Waals surface area contributed by atoms with E-state index in [1.165, 1.54) is 5.56 Å². The maximum absolute atomic E-state index is 10.5. The van der Waals surface area contributed by atoms with Crippen molar-refractivity contribution >= 4 is 27.5 Å². The average Bonchev–Trinajstić information content (AvgIpc) is 2.39. The van der Waals surface area contributed by atoms with Gasteiger partial charge in [-0.1, -0.05) is 71.2 Å². The fourth-order valence-electron chi connectivity index (χ4n) is 2.11. The molecule has 19 heavy (non-hydrogen) atoms. The van der Waals surface area contributed by atoms with Gasteiger partial charge in [0, 0.05) is 9.50 Å². The summed E-state index contributed by atoms with van der Waals surface area (Å²) in [6, 6.07) is 13.5. The molecule has 0 spiro atoms. The summed E-state index contributed by atoms with van der Waals surface area (Å²) in [5.74, 6) is 0. The van der Waals surface area contributed by atoms with Gasteiger partial charge in [-0.2, -0.15) is 0 Å². The van der Waals surface area contributed by atoms with Gasteiger partial charge in [0.05, 0.1) is 0 Å². The molecule has 100 valence electrons. The van der Waals surface area contributed by atoms with E-state index in [0.717, 1.165) is 28.4 Å². The minimum atomic E-state index is -0.636. The smallest absolute Gasteiger partial charge is 0.105 e. The molecule has 1 nitrogen and oxygen atoms in total. The molecule has 0 saturated carbocycles. The third kappa shape index (κ3) is 3.59. The van der Waals surface area contributed by atoms with Gasteiger partial charge in [0.2, 0.25) is 0 Å². The van der Waals surface area contributed by atoms with Crippen LogP contribution in [-0.2, 0) is 6.42 Å². The number of benzene rings is 2. The molecule has 0 fully saturated rings. The Morgan fingerprint density at radius 2 is 2.00 bits per heavy atom. The van der Waals surface area contributed by atoms with Gasteiger partial charge in [-0.05, 0) is 35.2 Å². The van der Waals surface area contributed by atoms with Crippen molar-refractivity contribution < 1.29 is 5.11 Å². The summed E-state index contributed by atoms with van der Waals surface area (Å²) in [4.78, 5) is 0. The van der Waals surface area contributed by atoms with E-state index in [1.54, 1.807) is 12.1 Å². The normalized spacial score (nSPS) is 12.4. The Kier molecular flexibility index (Phi) is 5.03. The van der Waals surface area contributed by atoms with Crippen LogP contribution < -0.4 is 0 Å². The van der Waals surface area contributed by atoms with Crippen molar-refractivity contribution in [3.05, 3.63) is 68.7 Å². The second-order valence-electron chi connectivity index (χ2n) is 4.56. The zero-order chi connectivity index (χ0) is 13.8.